The standard InChI is InChI=1S/C19H28N4O4S2/c1-12(2)11-15(13-7-9-14(27-6)10-8-13)23-29(25,26)18-22-21-17(28-18)20-16(24)19(3,4)5/h7-10,12,15,23H,11H2,1-6H3,(H,20,21,24)/t15-/m1/s1. The Morgan fingerprint density at radius 2 is 1.79 bits per heavy atom. The highest BCUT2D eigenvalue weighted by molar-refractivity contribution is 7.91. The van der Waals surface area contributed by atoms with Crippen LogP contribution in [0.4, 0.5) is 5.13 Å². The summed E-state index contributed by atoms with van der Waals surface area (Å²) in [5.41, 5.74) is 0.202. The first-order valence-electron chi connectivity index (χ1n) is 9.23. The Balaban J connectivity index is 2.22. The van der Waals surface area contributed by atoms with Crippen molar-refractivity contribution >= 4 is 32.4 Å². The van der Waals surface area contributed by atoms with Gasteiger partial charge in [-0.2, -0.15) is 0 Å². The largest absolute Gasteiger partial charge is 0.497 e. The van der Waals surface area contributed by atoms with E-state index in [4.69, 9.17) is 4.74 Å². The van der Waals surface area contributed by atoms with Crippen molar-refractivity contribution in [3.63, 3.8) is 0 Å². The molecule has 0 aliphatic heterocycles. The van der Waals surface area contributed by atoms with Gasteiger partial charge in [0, 0.05) is 11.5 Å². The fourth-order valence-electron chi connectivity index (χ4n) is 2.45. The third kappa shape index (κ3) is 6.48. The number of hydrogen-bond donors (Lipinski definition) is 2. The van der Waals surface area contributed by atoms with Crippen LogP contribution in [0.2, 0.25) is 0 Å². The molecule has 1 aromatic heterocycles. The number of benzene rings is 1. The molecule has 0 saturated carbocycles. The fourth-order valence-corrected chi connectivity index (χ4v) is 4.60. The number of nitrogens with one attached hydrogen (secondary N) is 2. The maximum Gasteiger partial charge on any atom is 0.270 e. The van der Waals surface area contributed by atoms with Crippen LogP contribution in [0.3, 0.4) is 0 Å². The van der Waals surface area contributed by atoms with Gasteiger partial charge in [-0.15, -0.1) is 10.2 Å². The fraction of sp³-hybridized carbons (Fsp3) is 0.526. The monoisotopic (exact) mass is 440 g/mol. The summed E-state index contributed by atoms with van der Waals surface area (Å²) in [6, 6.07) is 6.83. The minimum Gasteiger partial charge on any atom is -0.497 e. The van der Waals surface area contributed by atoms with Crippen LogP contribution in [0.25, 0.3) is 0 Å². The zero-order valence-corrected chi connectivity index (χ0v) is 19.1. The van der Waals surface area contributed by atoms with E-state index in [9.17, 15) is 13.2 Å². The number of carbonyl (C=O) groups excluding carboxylic acids is 1. The molecule has 160 valence electrons. The molecule has 0 spiro atoms. The van der Waals surface area contributed by atoms with Gasteiger partial charge in [-0.3, -0.25) is 4.79 Å². The number of ether oxygens (including phenoxy) is 1. The van der Waals surface area contributed by atoms with Crippen LogP contribution in [0.1, 0.15) is 52.6 Å². The molecule has 1 aromatic carbocycles. The number of amides is 1. The van der Waals surface area contributed by atoms with Crippen molar-refractivity contribution in [2.75, 3.05) is 12.4 Å². The summed E-state index contributed by atoms with van der Waals surface area (Å²) in [6.45, 7) is 9.32. The number of aromatic nitrogens is 2. The Morgan fingerprint density at radius 3 is 2.31 bits per heavy atom. The highest BCUT2D eigenvalue weighted by Gasteiger charge is 2.28. The lowest BCUT2D eigenvalue weighted by Crippen LogP contribution is -2.29. The van der Waals surface area contributed by atoms with Crippen LogP contribution in [-0.4, -0.2) is 31.6 Å². The summed E-state index contributed by atoms with van der Waals surface area (Å²) in [5.74, 6) is 0.700. The van der Waals surface area contributed by atoms with Crippen molar-refractivity contribution in [2.45, 2.75) is 51.4 Å². The molecular weight excluding hydrogens is 412 g/mol. The summed E-state index contributed by atoms with van der Waals surface area (Å²) in [7, 11) is -2.33. The molecule has 2 aromatic rings. The molecule has 0 fully saturated rings. The lowest BCUT2D eigenvalue weighted by Gasteiger charge is -2.20. The van der Waals surface area contributed by atoms with Crippen molar-refractivity contribution in [3.8, 4) is 5.75 Å². The van der Waals surface area contributed by atoms with Gasteiger partial charge in [0.1, 0.15) is 5.75 Å². The van der Waals surface area contributed by atoms with Gasteiger partial charge in [-0.25, -0.2) is 13.1 Å². The third-order valence-electron chi connectivity index (χ3n) is 4.06. The van der Waals surface area contributed by atoms with Crippen LogP contribution in [0, 0.1) is 11.3 Å². The second-order valence-corrected chi connectivity index (χ2v) is 11.0. The quantitative estimate of drug-likeness (QED) is 0.607. The van der Waals surface area contributed by atoms with E-state index in [1.165, 1.54) is 0 Å². The molecule has 0 radical (unpaired) electrons. The number of sulfonamides is 1. The number of carbonyl (C=O) groups is 1. The first-order chi connectivity index (χ1) is 13.4. The minimum atomic E-state index is -3.91. The van der Waals surface area contributed by atoms with Crippen LogP contribution in [0.15, 0.2) is 28.6 Å². The molecule has 2 N–H and O–H groups in total. The minimum absolute atomic E-state index is 0.148. The highest BCUT2D eigenvalue weighted by atomic mass is 32.2. The molecule has 0 bridgehead atoms. The summed E-state index contributed by atoms with van der Waals surface area (Å²) in [4.78, 5) is 12.1. The molecule has 1 amide bonds. The predicted octanol–water partition coefficient (Wildman–Crippen LogP) is 3.60. The van der Waals surface area contributed by atoms with Gasteiger partial charge in [0.05, 0.1) is 7.11 Å². The third-order valence-corrected chi connectivity index (χ3v) is 6.74. The lowest BCUT2D eigenvalue weighted by molar-refractivity contribution is -0.123. The second kappa shape index (κ2) is 9.19. The molecule has 2 rings (SSSR count). The zero-order chi connectivity index (χ0) is 21.8. The van der Waals surface area contributed by atoms with Gasteiger partial charge in [0.25, 0.3) is 10.0 Å². The SMILES string of the molecule is COc1ccc([C@@H](CC(C)C)NS(=O)(=O)c2nnc(NC(=O)C(C)(C)C)s2)cc1. The molecule has 0 saturated heterocycles. The Bertz CT molecular complexity index is 932. The van der Waals surface area contributed by atoms with Crippen LogP contribution >= 0.6 is 11.3 Å². The molecule has 0 aliphatic carbocycles. The van der Waals surface area contributed by atoms with Crippen molar-refractivity contribution in [3.05, 3.63) is 29.8 Å². The first-order valence-corrected chi connectivity index (χ1v) is 11.5. The summed E-state index contributed by atoms with van der Waals surface area (Å²) in [6.07, 6.45) is 0.609. The molecule has 0 unspecified atom stereocenters. The molecule has 29 heavy (non-hydrogen) atoms. The van der Waals surface area contributed by atoms with E-state index in [0.29, 0.717) is 12.2 Å². The topological polar surface area (TPSA) is 110 Å². The van der Waals surface area contributed by atoms with Gasteiger partial charge < -0.3 is 10.1 Å². The van der Waals surface area contributed by atoms with E-state index >= 15 is 0 Å². The summed E-state index contributed by atoms with van der Waals surface area (Å²) >= 11 is 0.822. The number of methoxy groups -OCH3 is 1. The van der Waals surface area contributed by atoms with Gasteiger partial charge in [0.15, 0.2) is 0 Å². The van der Waals surface area contributed by atoms with Gasteiger partial charge in [0.2, 0.25) is 15.4 Å². The normalized spacial score (nSPS) is 13.3. The molecule has 8 nitrogen and oxygen atoms in total. The average Bonchev–Trinajstić information content (AvgIpc) is 3.09. The van der Waals surface area contributed by atoms with Crippen molar-refractivity contribution in [2.24, 2.45) is 11.3 Å². The Kier molecular flexibility index (Phi) is 7.36. The van der Waals surface area contributed by atoms with E-state index in [0.717, 1.165) is 16.9 Å². The van der Waals surface area contributed by atoms with E-state index in [1.54, 1.807) is 40.0 Å². The summed E-state index contributed by atoms with van der Waals surface area (Å²) < 4.78 is 33.4. The van der Waals surface area contributed by atoms with Crippen LogP contribution in [0.5, 0.6) is 5.75 Å². The Morgan fingerprint density at radius 1 is 1.17 bits per heavy atom. The first kappa shape index (κ1) is 23.2. The molecule has 1 atom stereocenters. The smallest absolute Gasteiger partial charge is 0.270 e. The summed E-state index contributed by atoms with van der Waals surface area (Å²) in [5, 5.41) is 10.3. The zero-order valence-electron chi connectivity index (χ0n) is 17.5. The number of nitrogens with zero attached hydrogens (tertiary/aromatic N) is 2. The molecular formula is C19H28N4O4S2. The van der Waals surface area contributed by atoms with E-state index in [2.05, 4.69) is 20.2 Å². The number of hydrogen-bond acceptors (Lipinski definition) is 7. The number of anilines is 1. The molecule has 0 aliphatic rings. The predicted molar refractivity (Wildman–Crippen MR) is 114 cm³/mol. The van der Waals surface area contributed by atoms with Crippen molar-refractivity contribution in [1.82, 2.24) is 14.9 Å². The number of rotatable bonds is 8. The van der Waals surface area contributed by atoms with Gasteiger partial charge in [-0.05, 0) is 30.0 Å². The Hall–Kier alpha value is -2.04. The van der Waals surface area contributed by atoms with Gasteiger partial charge in [-0.1, -0.05) is 58.1 Å². The van der Waals surface area contributed by atoms with Gasteiger partial charge >= 0.3 is 0 Å². The van der Waals surface area contributed by atoms with Crippen LogP contribution < -0.4 is 14.8 Å². The molecule has 1 heterocycles. The maximum atomic E-state index is 12.9. The highest BCUT2D eigenvalue weighted by Crippen LogP contribution is 2.28. The maximum absolute atomic E-state index is 12.9. The van der Waals surface area contributed by atoms with Crippen molar-refractivity contribution < 1.29 is 17.9 Å². The van der Waals surface area contributed by atoms with E-state index < -0.39 is 21.5 Å². The lowest BCUT2D eigenvalue weighted by atomic mass is 9.96. The van der Waals surface area contributed by atoms with E-state index in [1.807, 2.05) is 26.0 Å². The Labute approximate surface area is 176 Å². The van der Waals surface area contributed by atoms with Crippen LogP contribution in [-0.2, 0) is 14.8 Å². The average molecular weight is 441 g/mol. The van der Waals surface area contributed by atoms with Crippen molar-refractivity contribution in [1.29, 1.82) is 0 Å². The second-order valence-electron chi connectivity index (χ2n) is 8.15. The van der Waals surface area contributed by atoms with E-state index in [-0.39, 0.29) is 21.3 Å². The molecule has 10 heteroatoms.